The van der Waals surface area contributed by atoms with E-state index in [9.17, 15) is 4.79 Å². The fraction of sp³-hybridized carbons (Fsp3) is 0.115. The number of hydrogen-bond donors (Lipinski definition) is 0. The summed E-state index contributed by atoms with van der Waals surface area (Å²) in [4.78, 5) is 13.0. The summed E-state index contributed by atoms with van der Waals surface area (Å²) in [7, 11) is 1.59. The molecule has 1 heterocycles. The van der Waals surface area contributed by atoms with E-state index >= 15 is 0 Å². The van der Waals surface area contributed by atoms with E-state index in [0.29, 0.717) is 29.4 Å². The van der Waals surface area contributed by atoms with Gasteiger partial charge in [-0.05, 0) is 54.0 Å². The summed E-state index contributed by atoms with van der Waals surface area (Å²) < 4.78 is 18.1. The molecule has 4 rings (SSSR count). The number of carbonyl (C=O) groups is 1. The van der Waals surface area contributed by atoms with E-state index in [-0.39, 0.29) is 11.5 Å². The van der Waals surface area contributed by atoms with Gasteiger partial charge in [0.05, 0.1) is 12.7 Å². The molecule has 4 nitrogen and oxygen atoms in total. The van der Waals surface area contributed by atoms with Crippen molar-refractivity contribution in [2.75, 3.05) is 7.11 Å². The molecule has 0 bridgehead atoms. The molecule has 3 aromatic rings. The van der Waals surface area contributed by atoms with Gasteiger partial charge in [0.25, 0.3) is 0 Å². The molecule has 31 heavy (non-hydrogen) atoms. The predicted molar refractivity (Wildman–Crippen MR) is 126 cm³/mol. The van der Waals surface area contributed by atoms with Gasteiger partial charge in [-0.2, -0.15) is 0 Å². The van der Waals surface area contributed by atoms with Gasteiger partial charge in [-0.25, -0.2) is 0 Å². The van der Waals surface area contributed by atoms with Crippen LogP contribution in [0.4, 0.5) is 0 Å². The molecule has 3 aromatic carbocycles. The van der Waals surface area contributed by atoms with Gasteiger partial charge in [0.2, 0.25) is 5.78 Å². The molecule has 0 spiro atoms. The molecule has 1 aliphatic rings. The molecule has 0 saturated heterocycles. The highest BCUT2D eigenvalue weighted by Crippen LogP contribution is 2.38. The minimum absolute atomic E-state index is 0.152. The van der Waals surface area contributed by atoms with Crippen LogP contribution in [0.3, 0.4) is 0 Å². The molecule has 0 N–H and O–H groups in total. The molecule has 1 aliphatic heterocycles. The lowest BCUT2D eigenvalue weighted by Crippen LogP contribution is -2.00. The maximum Gasteiger partial charge on any atom is 0.232 e. The van der Waals surface area contributed by atoms with Crippen molar-refractivity contribution in [2.45, 2.75) is 13.5 Å². The van der Waals surface area contributed by atoms with Crippen LogP contribution in [0.15, 0.2) is 71.4 Å². The highest BCUT2D eigenvalue weighted by Gasteiger charge is 2.30. The Morgan fingerprint density at radius 2 is 1.87 bits per heavy atom. The van der Waals surface area contributed by atoms with Gasteiger partial charge in [-0.15, -0.1) is 0 Å². The average Bonchev–Trinajstić information content (AvgIpc) is 3.08. The number of aryl methyl sites for hydroxylation is 1. The van der Waals surface area contributed by atoms with Gasteiger partial charge < -0.3 is 14.2 Å². The molecular formula is C26H21BrO4. The van der Waals surface area contributed by atoms with Crippen molar-refractivity contribution in [1.29, 1.82) is 0 Å². The van der Waals surface area contributed by atoms with Crippen molar-refractivity contribution >= 4 is 33.9 Å². The lowest BCUT2D eigenvalue weighted by Gasteiger charge is -2.09. The van der Waals surface area contributed by atoms with Crippen LogP contribution >= 0.6 is 15.9 Å². The number of ether oxygens (including phenoxy) is 3. The lowest BCUT2D eigenvalue weighted by atomic mass is 10.0. The summed E-state index contributed by atoms with van der Waals surface area (Å²) >= 11 is 3.45. The van der Waals surface area contributed by atoms with Crippen molar-refractivity contribution in [1.82, 2.24) is 0 Å². The molecule has 0 aromatic heterocycles. The Kier molecular flexibility index (Phi) is 5.96. The van der Waals surface area contributed by atoms with E-state index in [4.69, 9.17) is 14.2 Å². The first kappa shape index (κ1) is 20.9. The van der Waals surface area contributed by atoms with E-state index < -0.39 is 0 Å². The smallest absolute Gasteiger partial charge is 0.232 e. The van der Waals surface area contributed by atoms with Crippen LogP contribution in [0.5, 0.6) is 17.2 Å². The average molecular weight is 477 g/mol. The fourth-order valence-corrected chi connectivity index (χ4v) is 3.82. The Bertz CT molecular complexity index is 1190. The van der Waals surface area contributed by atoms with Crippen LogP contribution in [0.25, 0.3) is 12.2 Å². The molecule has 0 fully saturated rings. The molecule has 0 aliphatic carbocycles. The maximum absolute atomic E-state index is 13.0. The van der Waals surface area contributed by atoms with Gasteiger partial charge in [0.1, 0.15) is 23.9 Å². The van der Waals surface area contributed by atoms with Crippen molar-refractivity contribution < 1.29 is 19.0 Å². The summed E-state index contributed by atoms with van der Waals surface area (Å²) in [6.45, 7) is 6.06. The zero-order valence-corrected chi connectivity index (χ0v) is 18.9. The number of rotatable bonds is 6. The largest absolute Gasteiger partial charge is 0.496 e. The minimum Gasteiger partial charge on any atom is -0.496 e. The Balaban J connectivity index is 1.57. The van der Waals surface area contributed by atoms with Crippen LogP contribution in [0.1, 0.15) is 32.6 Å². The molecule has 0 unspecified atom stereocenters. The SMILES string of the molecule is C=Cc1ccc(COc2cc(C)c3c(c2)O/C(=C\c2cc(Br)ccc2OC)C3=O)cc1. The van der Waals surface area contributed by atoms with E-state index in [1.165, 1.54) is 0 Å². The van der Waals surface area contributed by atoms with Crippen LogP contribution in [-0.4, -0.2) is 12.9 Å². The number of benzene rings is 3. The Hall–Kier alpha value is -3.31. The van der Waals surface area contributed by atoms with Gasteiger partial charge in [0, 0.05) is 16.1 Å². The zero-order chi connectivity index (χ0) is 22.0. The second-order valence-electron chi connectivity index (χ2n) is 7.17. The molecule has 0 saturated carbocycles. The number of ketones is 1. The molecule has 0 radical (unpaired) electrons. The first-order valence-corrected chi connectivity index (χ1v) is 10.5. The standard InChI is InChI=1S/C26H21BrO4/c1-4-17-5-7-18(8-6-17)15-30-21-11-16(2)25-23(14-21)31-24(26(25)28)13-19-12-20(27)9-10-22(19)29-3/h4-14H,1,15H2,2-3H3/b24-13-. The molecule has 5 heteroatoms. The normalized spacial score (nSPS) is 13.6. The number of fused-ring (bicyclic) bond motifs is 1. The number of hydrogen-bond acceptors (Lipinski definition) is 4. The van der Waals surface area contributed by atoms with E-state index in [2.05, 4.69) is 22.5 Å². The highest BCUT2D eigenvalue weighted by atomic mass is 79.9. The van der Waals surface area contributed by atoms with E-state index in [1.807, 2.05) is 55.5 Å². The first-order valence-electron chi connectivity index (χ1n) is 9.75. The van der Waals surface area contributed by atoms with Gasteiger partial charge in [-0.3, -0.25) is 4.79 Å². The molecule has 0 atom stereocenters. The van der Waals surface area contributed by atoms with Crippen molar-refractivity contribution in [3.63, 3.8) is 0 Å². The van der Waals surface area contributed by atoms with Crippen molar-refractivity contribution in [3.8, 4) is 17.2 Å². The van der Waals surface area contributed by atoms with Gasteiger partial charge >= 0.3 is 0 Å². The third-order valence-corrected chi connectivity index (χ3v) is 5.54. The molecular weight excluding hydrogens is 456 g/mol. The summed E-state index contributed by atoms with van der Waals surface area (Å²) in [6.07, 6.45) is 3.50. The number of halogens is 1. The number of methoxy groups -OCH3 is 1. The Morgan fingerprint density at radius 1 is 1.10 bits per heavy atom. The maximum atomic E-state index is 13.0. The number of allylic oxidation sites excluding steroid dienone is 1. The van der Waals surface area contributed by atoms with Crippen LogP contribution in [0.2, 0.25) is 0 Å². The monoisotopic (exact) mass is 476 g/mol. The summed E-state index contributed by atoms with van der Waals surface area (Å²) in [5.41, 5.74) is 4.23. The highest BCUT2D eigenvalue weighted by molar-refractivity contribution is 9.10. The first-order chi connectivity index (χ1) is 15.0. The zero-order valence-electron chi connectivity index (χ0n) is 17.3. The van der Waals surface area contributed by atoms with Gasteiger partial charge in [-0.1, -0.05) is 52.9 Å². The summed E-state index contributed by atoms with van der Waals surface area (Å²) in [6, 6.07) is 17.2. The van der Waals surface area contributed by atoms with Crippen LogP contribution in [-0.2, 0) is 6.61 Å². The Morgan fingerprint density at radius 3 is 2.58 bits per heavy atom. The van der Waals surface area contributed by atoms with Crippen molar-refractivity contribution in [2.24, 2.45) is 0 Å². The van der Waals surface area contributed by atoms with E-state index in [0.717, 1.165) is 26.7 Å². The van der Waals surface area contributed by atoms with Crippen LogP contribution < -0.4 is 14.2 Å². The lowest BCUT2D eigenvalue weighted by molar-refractivity contribution is 0.101. The van der Waals surface area contributed by atoms with Crippen LogP contribution in [0, 0.1) is 6.92 Å². The second kappa shape index (κ2) is 8.82. The van der Waals surface area contributed by atoms with Crippen molar-refractivity contribution in [3.05, 3.63) is 99.2 Å². The third kappa shape index (κ3) is 4.42. The number of Topliss-reactive ketones (excluding diaryl/α,β-unsaturated/α-hetero) is 1. The topological polar surface area (TPSA) is 44.8 Å². The third-order valence-electron chi connectivity index (χ3n) is 5.04. The minimum atomic E-state index is -0.152. The number of carbonyl (C=O) groups excluding carboxylic acids is 1. The van der Waals surface area contributed by atoms with Gasteiger partial charge in [0.15, 0.2) is 5.76 Å². The summed E-state index contributed by atoms with van der Waals surface area (Å²) in [5.74, 6) is 1.92. The Labute approximate surface area is 189 Å². The molecule has 156 valence electrons. The predicted octanol–water partition coefficient (Wildman–Crippen LogP) is 6.60. The quantitative estimate of drug-likeness (QED) is 0.375. The second-order valence-corrected chi connectivity index (χ2v) is 8.09. The van der Waals surface area contributed by atoms with E-state index in [1.54, 1.807) is 25.3 Å². The molecule has 0 amide bonds. The fourth-order valence-electron chi connectivity index (χ4n) is 3.44. The summed E-state index contributed by atoms with van der Waals surface area (Å²) in [5, 5.41) is 0.